The van der Waals surface area contributed by atoms with E-state index in [1.165, 1.54) is 10.7 Å². The van der Waals surface area contributed by atoms with Crippen molar-refractivity contribution in [2.45, 2.75) is 26.2 Å². The molecular formula is C16H19N3O3. The Morgan fingerprint density at radius 1 is 1.23 bits per heavy atom. The number of nitrogens with two attached hydrogens (primary N) is 1. The topological polar surface area (TPSA) is 87.2 Å². The summed E-state index contributed by atoms with van der Waals surface area (Å²) < 4.78 is 6.78. The molecule has 2 N–H and O–H groups in total. The lowest BCUT2D eigenvalue weighted by Crippen LogP contribution is -2.14. The lowest BCUT2D eigenvalue weighted by Gasteiger charge is -2.13. The van der Waals surface area contributed by atoms with Gasteiger partial charge in [-0.3, -0.25) is 9.48 Å². The van der Waals surface area contributed by atoms with Crippen LogP contribution in [-0.4, -0.2) is 21.7 Å². The number of carbonyl (C=O) groups is 2. The van der Waals surface area contributed by atoms with E-state index in [0.717, 1.165) is 5.69 Å². The molecule has 6 heteroatoms. The Kier molecular flexibility index (Phi) is 4.03. The summed E-state index contributed by atoms with van der Waals surface area (Å²) in [5, 5.41) is 4.33. The normalized spacial score (nSPS) is 11.3. The van der Waals surface area contributed by atoms with Gasteiger partial charge in [0.05, 0.1) is 5.69 Å². The first kappa shape index (κ1) is 15.8. The van der Waals surface area contributed by atoms with E-state index < -0.39 is 11.9 Å². The van der Waals surface area contributed by atoms with E-state index in [-0.39, 0.29) is 16.7 Å². The highest BCUT2D eigenvalue weighted by Gasteiger charge is 2.22. The number of hydrogen-bond donors (Lipinski definition) is 1. The van der Waals surface area contributed by atoms with Crippen molar-refractivity contribution in [1.29, 1.82) is 0 Å². The predicted molar refractivity (Wildman–Crippen MR) is 81.8 cm³/mol. The number of primary amides is 1. The number of nitrogens with zero attached hydrogens (tertiary/aromatic N) is 2. The van der Waals surface area contributed by atoms with E-state index in [9.17, 15) is 9.59 Å². The van der Waals surface area contributed by atoms with Crippen LogP contribution in [0.3, 0.4) is 0 Å². The fourth-order valence-corrected chi connectivity index (χ4v) is 1.90. The van der Waals surface area contributed by atoms with Gasteiger partial charge in [0.15, 0.2) is 0 Å². The Morgan fingerprint density at radius 2 is 1.91 bits per heavy atom. The first-order valence-electron chi connectivity index (χ1n) is 6.85. The third kappa shape index (κ3) is 3.33. The summed E-state index contributed by atoms with van der Waals surface area (Å²) in [5.41, 5.74) is 6.47. The molecule has 2 aromatic rings. The minimum absolute atomic E-state index is 0.165. The Hall–Kier alpha value is -2.63. The maximum atomic E-state index is 12.3. The van der Waals surface area contributed by atoms with Crippen LogP contribution < -0.4 is 10.5 Å². The number of carbonyl (C=O) groups excluding carboxylic acids is 2. The summed E-state index contributed by atoms with van der Waals surface area (Å²) in [6.07, 6.45) is 0. The molecule has 22 heavy (non-hydrogen) atoms. The fraction of sp³-hybridized carbons (Fsp3) is 0.312. The summed E-state index contributed by atoms with van der Waals surface area (Å²) in [6, 6.07) is 7.89. The van der Waals surface area contributed by atoms with Crippen LogP contribution >= 0.6 is 0 Å². The molecule has 0 aliphatic rings. The average molecular weight is 301 g/mol. The van der Waals surface area contributed by atoms with E-state index in [4.69, 9.17) is 10.5 Å². The van der Waals surface area contributed by atoms with Gasteiger partial charge in [-0.25, -0.2) is 4.79 Å². The average Bonchev–Trinajstić information content (AvgIpc) is 2.81. The van der Waals surface area contributed by atoms with E-state index in [1.54, 1.807) is 31.3 Å². The lowest BCUT2D eigenvalue weighted by molar-refractivity contribution is 0.0722. The van der Waals surface area contributed by atoms with Crippen molar-refractivity contribution < 1.29 is 14.3 Å². The monoisotopic (exact) mass is 301 g/mol. The van der Waals surface area contributed by atoms with Gasteiger partial charge in [0, 0.05) is 18.0 Å². The zero-order valence-corrected chi connectivity index (χ0v) is 13.1. The standard InChI is InChI=1S/C16H19N3O3/c1-16(2,3)13-9-12(19(4)18-13)15(21)22-11-7-5-6-10(8-11)14(17)20/h5-9H,1-4H3,(H2,17,20). The van der Waals surface area contributed by atoms with Crippen molar-refractivity contribution in [3.63, 3.8) is 0 Å². The molecule has 0 aliphatic carbocycles. The molecule has 1 heterocycles. The lowest BCUT2D eigenvalue weighted by atomic mass is 9.92. The van der Waals surface area contributed by atoms with Gasteiger partial charge >= 0.3 is 5.97 Å². The highest BCUT2D eigenvalue weighted by Crippen LogP contribution is 2.22. The van der Waals surface area contributed by atoms with E-state index in [1.807, 2.05) is 20.8 Å². The molecular weight excluding hydrogens is 282 g/mol. The van der Waals surface area contributed by atoms with E-state index in [2.05, 4.69) is 5.10 Å². The van der Waals surface area contributed by atoms with E-state index in [0.29, 0.717) is 5.69 Å². The maximum Gasteiger partial charge on any atom is 0.361 e. The molecule has 0 unspecified atom stereocenters. The van der Waals surface area contributed by atoms with Crippen molar-refractivity contribution in [3.8, 4) is 5.75 Å². The highest BCUT2D eigenvalue weighted by molar-refractivity contribution is 5.94. The van der Waals surface area contributed by atoms with Gasteiger partial charge in [0.1, 0.15) is 11.4 Å². The van der Waals surface area contributed by atoms with Crippen LogP contribution in [0.4, 0.5) is 0 Å². The summed E-state index contributed by atoms with van der Waals surface area (Å²) in [7, 11) is 1.69. The zero-order chi connectivity index (χ0) is 16.5. The number of rotatable bonds is 3. The first-order chi connectivity index (χ1) is 10.2. The number of amides is 1. The van der Waals surface area contributed by atoms with Crippen LogP contribution in [0.5, 0.6) is 5.75 Å². The van der Waals surface area contributed by atoms with Gasteiger partial charge in [-0.05, 0) is 24.3 Å². The highest BCUT2D eigenvalue weighted by atomic mass is 16.5. The number of ether oxygens (including phenoxy) is 1. The second-order valence-corrected chi connectivity index (χ2v) is 6.07. The van der Waals surface area contributed by atoms with Crippen molar-refractivity contribution >= 4 is 11.9 Å². The number of aromatic nitrogens is 2. The van der Waals surface area contributed by atoms with Gasteiger partial charge in [-0.2, -0.15) is 5.10 Å². The SMILES string of the molecule is Cn1nc(C(C)(C)C)cc1C(=O)Oc1cccc(C(N)=O)c1. The Morgan fingerprint density at radius 3 is 2.45 bits per heavy atom. The molecule has 0 bridgehead atoms. The molecule has 116 valence electrons. The van der Waals surface area contributed by atoms with Crippen molar-refractivity contribution in [3.05, 3.63) is 47.3 Å². The molecule has 1 aromatic heterocycles. The summed E-state index contributed by atoms with van der Waals surface area (Å²) in [6.45, 7) is 6.04. The number of benzene rings is 1. The molecule has 0 spiro atoms. The molecule has 6 nitrogen and oxygen atoms in total. The maximum absolute atomic E-state index is 12.3. The number of aryl methyl sites for hydroxylation is 1. The van der Waals surface area contributed by atoms with Crippen LogP contribution in [0.1, 0.15) is 47.3 Å². The predicted octanol–water partition coefficient (Wildman–Crippen LogP) is 2.04. The van der Waals surface area contributed by atoms with Crippen LogP contribution in [-0.2, 0) is 12.5 Å². The fourth-order valence-electron chi connectivity index (χ4n) is 1.90. The van der Waals surface area contributed by atoms with Crippen molar-refractivity contribution in [2.24, 2.45) is 12.8 Å². The molecule has 2 rings (SSSR count). The minimum atomic E-state index is -0.576. The van der Waals surface area contributed by atoms with Crippen LogP contribution in [0.2, 0.25) is 0 Å². The Balaban J connectivity index is 2.25. The van der Waals surface area contributed by atoms with E-state index >= 15 is 0 Å². The van der Waals surface area contributed by atoms with Crippen LogP contribution in [0, 0.1) is 0 Å². The Labute approximate surface area is 128 Å². The second-order valence-electron chi connectivity index (χ2n) is 6.07. The second kappa shape index (κ2) is 5.63. The molecule has 0 aliphatic heterocycles. The van der Waals surface area contributed by atoms with Gasteiger partial charge in [0.2, 0.25) is 5.91 Å². The molecule has 0 atom stereocenters. The van der Waals surface area contributed by atoms with Crippen molar-refractivity contribution in [1.82, 2.24) is 9.78 Å². The summed E-state index contributed by atoms with van der Waals surface area (Å²) in [4.78, 5) is 23.4. The first-order valence-corrected chi connectivity index (χ1v) is 6.85. The smallest absolute Gasteiger partial charge is 0.361 e. The molecule has 1 aromatic carbocycles. The number of hydrogen-bond acceptors (Lipinski definition) is 4. The minimum Gasteiger partial charge on any atom is -0.422 e. The van der Waals surface area contributed by atoms with Gasteiger partial charge in [-0.15, -0.1) is 0 Å². The third-order valence-electron chi connectivity index (χ3n) is 3.19. The molecule has 0 radical (unpaired) electrons. The quantitative estimate of drug-likeness (QED) is 0.694. The zero-order valence-electron chi connectivity index (χ0n) is 13.1. The van der Waals surface area contributed by atoms with Crippen LogP contribution in [0.15, 0.2) is 30.3 Å². The van der Waals surface area contributed by atoms with Gasteiger partial charge in [-0.1, -0.05) is 26.8 Å². The molecule has 0 saturated carbocycles. The van der Waals surface area contributed by atoms with Crippen LogP contribution in [0.25, 0.3) is 0 Å². The number of esters is 1. The van der Waals surface area contributed by atoms with Gasteiger partial charge in [0.25, 0.3) is 0 Å². The largest absolute Gasteiger partial charge is 0.422 e. The molecule has 0 saturated heterocycles. The van der Waals surface area contributed by atoms with Gasteiger partial charge < -0.3 is 10.5 Å². The summed E-state index contributed by atoms with van der Waals surface area (Å²) >= 11 is 0. The third-order valence-corrected chi connectivity index (χ3v) is 3.19. The molecule has 0 fully saturated rings. The van der Waals surface area contributed by atoms with Crippen molar-refractivity contribution in [2.75, 3.05) is 0 Å². The summed E-state index contributed by atoms with van der Waals surface area (Å²) in [5.74, 6) is -0.847. The Bertz CT molecular complexity index is 726. The molecule has 1 amide bonds.